The zero-order valence-electron chi connectivity index (χ0n) is 31.2. The molecule has 1 atom stereocenters. The van der Waals surface area contributed by atoms with Crippen LogP contribution in [0, 0.1) is 38.0 Å². The summed E-state index contributed by atoms with van der Waals surface area (Å²) in [4.78, 5) is 52.7. The van der Waals surface area contributed by atoms with Crippen LogP contribution < -0.4 is 15.4 Å². The molecule has 0 radical (unpaired) electrons. The quantitative estimate of drug-likeness (QED) is 0.0924. The van der Waals surface area contributed by atoms with Crippen molar-refractivity contribution in [1.82, 2.24) is 20.3 Å². The topological polar surface area (TPSA) is 193 Å². The molecule has 1 heterocycles. The predicted molar refractivity (Wildman–Crippen MR) is 194 cm³/mol. The summed E-state index contributed by atoms with van der Waals surface area (Å²) in [5.41, 5.74) is -0.891. The van der Waals surface area contributed by atoms with Gasteiger partial charge in [-0.15, -0.1) is 16.2 Å². The Balaban J connectivity index is 2.15. The molecule has 51 heavy (non-hydrogen) atoms. The largest absolute Gasteiger partial charge is 0.459 e. The maximum Gasteiger partial charge on any atom is 0.427 e. The van der Waals surface area contributed by atoms with Crippen LogP contribution in [0.3, 0.4) is 0 Å². The summed E-state index contributed by atoms with van der Waals surface area (Å²) in [6.07, 6.45) is -2.20. The first-order chi connectivity index (χ1) is 23.2. The van der Waals surface area contributed by atoms with E-state index in [1.54, 1.807) is 94.4 Å². The van der Waals surface area contributed by atoms with Crippen molar-refractivity contribution in [2.45, 2.75) is 111 Å². The van der Waals surface area contributed by atoms with E-state index >= 15 is 0 Å². The Hall–Kier alpha value is -4.46. The molecular weight excluding hydrogens is 699 g/mol. The molecule has 16 heteroatoms. The first kappa shape index (κ1) is 42.7. The Morgan fingerprint density at radius 3 is 1.84 bits per heavy atom. The summed E-state index contributed by atoms with van der Waals surface area (Å²) in [5.74, 6) is 3.55. The Kier molecular flexibility index (Phi) is 14.0. The maximum absolute atomic E-state index is 13.5. The van der Waals surface area contributed by atoms with E-state index in [2.05, 4.69) is 27.2 Å². The summed E-state index contributed by atoms with van der Waals surface area (Å²) in [6, 6.07) is 5.12. The van der Waals surface area contributed by atoms with Crippen molar-refractivity contribution in [2.24, 2.45) is 0 Å². The standard InChI is InChI=1S/C35H49N5O9S2/c1-21-18-22(2)27(23(3)19-21)51(45,46)39-25(29(42)47-33(4,5)6)20-38-28(41)26-16-15-24(50-26)14-13-17-37-30(36)40(31(43)48-34(7,8)9)32(44)49-35(10,11)12/h15-16,18-19,25,39H,17,20H2,1-12H3,(H2,36,37)(H,38,41)/t25-/m0/s1. The highest BCUT2D eigenvalue weighted by Gasteiger charge is 2.35. The highest BCUT2D eigenvalue weighted by molar-refractivity contribution is 7.89. The van der Waals surface area contributed by atoms with E-state index in [1.165, 1.54) is 6.07 Å². The van der Waals surface area contributed by atoms with Crippen molar-refractivity contribution < 1.29 is 41.8 Å². The number of hydrogen-bond donors (Lipinski definition) is 4. The van der Waals surface area contributed by atoms with Crippen LogP contribution in [-0.4, -0.2) is 79.3 Å². The summed E-state index contributed by atoms with van der Waals surface area (Å²) in [5, 5.41) is 13.5. The van der Waals surface area contributed by atoms with Gasteiger partial charge >= 0.3 is 18.2 Å². The molecule has 0 bridgehead atoms. The van der Waals surface area contributed by atoms with Gasteiger partial charge in [0.05, 0.1) is 21.2 Å². The second-order valence-electron chi connectivity index (χ2n) is 14.6. The molecule has 0 aliphatic rings. The second kappa shape index (κ2) is 16.7. The van der Waals surface area contributed by atoms with Crippen molar-refractivity contribution in [3.05, 3.63) is 50.7 Å². The third kappa shape index (κ3) is 14.0. The van der Waals surface area contributed by atoms with Crippen LogP contribution in [0.1, 0.15) is 93.6 Å². The van der Waals surface area contributed by atoms with Crippen LogP contribution in [0.25, 0.3) is 0 Å². The second-order valence-corrected chi connectivity index (χ2v) is 17.3. The number of sulfonamides is 1. The number of hydrogen-bond acceptors (Lipinski definition) is 11. The lowest BCUT2D eigenvalue weighted by atomic mass is 10.1. The predicted octanol–water partition coefficient (Wildman–Crippen LogP) is 5.14. The highest BCUT2D eigenvalue weighted by atomic mass is 32.2. The minimum atomic E-state index is -4.19. The SMILES string of the molecule is Cc1cc(C)c(S(=O)(=O)N[C@@H](CNC(=O)c2ccc(C#CCNC(=N)N(C(=O)OC(C)(C)C)C(=O)OC(C)(C)C)s2)C(=O)OC(C)(C)C)c(C)c1. The average molecular weight is 748 g/mol. The van der Waals surface area contributed by atoms with Crippen LogP contribution >= 0.6 is 11.3 Å². The van der Waals surface area contributed by atoms with Crippen LogP contribution in [0.5, 0.6) is 0 Å². The lowest BCUT2D eigenvalue weighted by Crippen LogP contribution is -2.51. The fourth-order valence-electron chi connectivity index (χ4n) is 4.40. The van der Waals surface area contributed by atoms with Gasteiger partial charge in [-0.2, -0.15) is 4.72 Å². The molecule has 0 saturated carbocycles. The van der Waals surface area contributed by atoms with Crippen molar-refractivity contribution in [3.63, 3.8) is 0 Å². The molecule has 280 valence electrons. The van der Waals surface area contributed by atoms with Gasteiger partial charge in [0.25, 0.3) is 5.91 Å². The van der Waals surface area contributed by atoms with Crippen molar-refractivity contribution in [3.8, 4) is 11.8 Å². The number of rotatable bonds is 8. The monoisotopic (exact) mass is 747 g/mol. The molecule has 0 aliphatic carbocycles. The first-order valence-corrected chi connectivity index (χ1v) is 18.3. The van der Waals surface area contributed by atoms with Crippen molar-refractivity contribution in [1.29, 1.82) is 5.41 Å². The molecular formula is C35H49N5O9S2. The van der Waals surface area contributed by atoms with E-state index < -0.39 is 69.4 Å². The van der Waals surface area contributed by atoms with E-state index in [0.29, 0.717) is 20.9 Å². The third-order valence-corrected chi connectivity index (χ3v) is 8.87. The Bertz CT molecular complexity index is 1770. The van der Waals surface area contributed by atoms with Crippen molar-refractivity contribution in [2.75, 3.05) is 13.1 Å². The van der Waals surface area contributed by atoms with Gasteiger partial charge in [0, 0.05) is 6.54 Å². The Morgan fingerprint density at radius 1 is 0.843 bits per heavy atom. The van der Waals surface area contributed by atoms with Gasteiger partial charge in [0.15, 0.2) is 0 Å². The summed E-state index contributed by atoms with van der Waals surface area (Å²) < 4.78 is 45.3. The smallest absolute Gasteiger partial charge is 0.427 e. The van der Waals surface area contributed by atoms with Gasteiger partial charge in [-0.05, 0) is 106 Å². The molecule has 2 aromatic rings. The van der Waals surface area contributed by atoms with Gasteiger partial charge < -0.3 is 24.8 Å². The number of benzene rings is 1. The average Bonchev–Trinajstić information content (AvgIpc) is 3.38. The molecule has 4 N–H and O–H groups in total. The first-order valence-electron chi connectivity index (χ1n) is 16.0. The van der Waals surface area contributed by atoms with Crippen LogP contribution in [0.4, 0.5) is 9.59 Å². The fraction of sp³-hybridized carbons (Fsp3) is 0.514. The normalized spacial score (nSPS) is 12.5. The molecule has 2 rings (SSSR count). The van der Waals surface area contributed by atoms with Gasteiger partial charge in [-0.25, -0.2) is 18.0 Å². The van der Waals surface area contributed by atoms with Gasteiger partial charge in [-0.3, -0.25) is 15.0 Å². The molecule has 0 saturated heterocycles. The van der Waals surface area contributed by atoms with E-state index in [4.69, 9.17) is 19.6 Å². The number of imide groups is 1. The molecule has 0 spiro atoms. The number of esters is 1. The van der Waals surface area contributed by atoms with Crippen LogP contribution in [0.15, 0.2) is 29.2 Å². The lowest BCUT2D eigenvalue weighted by Gasteiger charge is -2.28. The van der Waals surface area contributed by atoms with Gasteiger partial charge in [0.2, 0.25) is 16.0 Å². The lowest BCUT2D eigenvalue weighted by molar-refractivity contribution is -0.156. The summed E-state index contributed by atoms with van der Waals surface area (Å²) in [7, 11) is -4.19. The van der Waals surface area contributed by atoms with Crippen LogP contribution in [-0.2, 0) is 29.0 Å². The number of guanidine groups is 1. The number of carbonyl (C=O) groups excluding carboxylic acids is 4. The Labute approximate surface area is 304 Å². The minimum absolute atomic E-state index is 0.0430. The van der Waals surface area contributed by atoms with Gasteiger partial charge in [0.1, 0.15) is 22.8 Å². The zero-order valence-corrected chi connectivity index (χ0v) is 32.9. The number of aryl methyl sites for hydroxylation is 3. The van der Waals surface area contributed by atoms with E-state index in [0.717, 1.165) is 16.9 Å². The number of ether oxygens (including phenoxy) is 3. The molecule has 0 fully saturated rings. The number of amides is 3. The minimum Gasteiger partial charge on any atom is -0.459 e. The zero-order chi connectivity index (χ0) is 39.1. The number of nitrogens with zero attached hydrogens (tertiary/aromatic N) is 1. The Morgan fingerprint density at radius 2 is 1.35 bits per heavy atom. The van der Waals surface area contributed by atoms with Crippen molar-refractivity contribution >= 4 is 51.4 Å². The summed E-state index contributed by atoms with van der Waals surface area (Å²) >= 11 is 1.03. The molecule has 1 aromatic carbocycles. The number of carbonyl (C=O) groups is 4. The van der Waals surface area contributed by atoms with E-state index in [-0.39, 0.29) is 16.3 Å². The van der Waals surface area contributed by atoms with Crippen LogP contribution in [0.2, 0.25) is 0 Å². The molecule has 14 nitrogen and oxygen atoms in total. The fourth-order valence-corrected chi connectivity index (χ4v) is 6.84. The molecule has 0 aliphatic heterocycles. The van der Waals surface area contributed by atoms with E-state index in [9.17, 15) is 27.6 Å². The molecule has 0 unspecified atom stereocenters. The number of thiophene rings is 1. The molecule has 1 aromatic heterocycles. The molecule has 3 amide bonds. The third-order valence-electron chi connectivity index (χ3n) is 6.09. The maximum atomic E-state index is 13.5. The number of nitrogens with one attached hydrogen (secondary N) is 4. The summed E-state index contributed by atoms with van der Waals surface area (Å²) in [6.45, 7) is 19.3. The highest BCUT2D eigenvalue weighted by Crippen LogP contribution is 2.23. The van der Waals surface area contributed by atoms with E-state index in [1.807, 2.05) is 6.92 Å². The van der Waals surface area contributed by atoms with Gasteiger partial charge in [-0.1, -0.05) is 29.5 Å².